The Bertz CT molecular complexity index is 364. The van der Waals surface area contributed by atoms with Crippen molar-refractivity contribution in [3.05, 3.63) is 23.5 Å². The predicted octanol–water partition coefficient (Wildman–Crippen LogP) is 2.33. The lowest BCUT2D eigenvalue weighted by Gasteiger charge is -2.21. The van der Waals surface area contributed by atoms with Crippen molar-refractivity contribution in [2.75, 3.05) is 18.1 Å². The molecule has 1 aliphatic heterocycles. The van der Waals surface area contributed by atoms with Crippen molar-refractivity contribution >= 4 is 11.8 Å². The first-order valence-electron chi connectivity index (χ1n) is 6.19. The van der Waals surface area contributed by atoms with Gasteiger partial charge >= 0.3 is 0 Å². The Morgan fingerprint density at radius 3 is 2.94 bits per heavy atom. The first kappa shape index (κ1) is 12.7. The van der Waals surface area contributed by atoms with Crippen molar-refractivity contribution in [1.29, 1.82) is 0 Å². The van der Waals surface area contributed by atoms with Crippen LogP contribution in [0.2, 0.25) is 0 Å². The number of pyridine rings is 1. The number of hydrogen-bond donors (Lipinski definition) is 2. The average Bonchev–Trinajstić information content (AvgIpc) is 2.35. The molecule has 1 aliphatic rings. The van der Waals surface area contributed by atoms with Crippen LogP contribution in [0, 0.1) is 12.8 Å². The molecule has 0 aromatic carbocycles. The average molecular weight is 252 g/mol. The standard InChI is InChI=1S/C13H20N2OS/c1-10-2-3-13(16)12(15-10)9-14-8-11-4-6-17-7-5-11/h2-3,11,14,16H,4-9H2,1H3. The summed E-state index contributed by atoms with van der Waals surface area (Å²) in [6, 6.07) is 3.55. The Labute approximate surface area is 107 Å². The lowest BCUT2D eigenvalue weighted by Crippen LogP contribution is -2.25. The summed E-state index contributed by atoms with van der Waals surface area (Å²) in [6.45, 7) is 3.65. The maximum absolute atomic E-state index is 9.67. The molecule has 0 spiro atoms. The summed E-state index contributed by atoms with van der Waals surface area (Å²) in [5.41, 5.74) is 1.71. The highest BCUT2D eigenvalue weighted by Crippen LogP contribution is 2.22. The fraction of sp³-hybridized carbons (Fsp3) is 0.615. The molecule has 0 bridgehead atoms. The van der Waals surface area contributed by atoms with E-state index in [4.69, 9.17) is 0 Å². The van der Waals surface area contributed by atoms with Gasteiger partial charge in [-0.1, -0.05) is 0 Å². The van der Waals surface area contributed by atoms with E-state index < -0.39 is 0 Å². The third-order valence-corrected chi connectivity index (χ3v) is 4.20. The zero-order valence-electron chi connectivity index (χ0n) is 10.3. The highest BCUT2D eigenvalue weighted by atomic mass is 32.2. The molecular weight excluding hydrogens is 232 g/mol. The molecule has 0 aliphatic carbocycles. The van der Waals surface area contributed by atoms with Gasteiger partial charge in [-0.25, -0.2) is 0 Å². The van der Waals surface area contributed by atoms with Crippen LogP contribution >= 0.6 is 11.8 Å². The number of aromatic nitrogens is 1. The van der Waals surface area contributed by atoms with Gasteiger partial charge in [0.15, 0.2) is 0 Å². The van der Waals surface area contributed by atoms with Gasteiger partial charge < -0.3 is 10.4 Å². The molecule has 1 aromatic heterocycles. The monoisotopic (exact) mass is 252 g/mol. The lowest BCUT2D eigenvalue weighted by molar-refractivity contribution is 0.431. The van der Waals surface area contributed by atoms with Crippen LogP contribution in [-0.4, -0.2) is 28.1 Å². The molecule has 0 amide bonds. The zero-order valence-corrected chi connectivity index (χ0v) is 11.1. The minimum Gasteiger partial charge on any atom is -0.506 e. The van der Waals surface area contributed by atoms with Gasteiger partial charge in [-0.2, -0.15) is 11.8 Å². The van der Waals surface area contributed by atoms with Gasteiger partial charge in [0.2, 0.25) is 0 Å². The maximum atomic E-state index is 9.67. The Hall–Kier alpha value is -0.740. The van der Waals surface area contributed by atoms with Crippen LogP contribution in [-0.2, 0) is 6.54 Å². The Balaban J connectivity index is 1.79. The molecule has 3 nitrogen and oxygen atoms in total. The maximum Gasteiger partial charge on any atom is 0.138 e. The summed E-state index contributed by atoms with van der Waals surface area (Å²) in [5.74, 6) is 3.67. The van der Waals surface area contributed by atoms with Crippen LogP contribution in [0.15, 0.2) is 12.1 Å². The molecule has 0 unspecified atom stereocenters. The highest BCUT2D eigenvalue weighted by molar-refractivity contribution is 7.99. The second-order valence-corrected chi connectivity index (χ2v) is 5.83. The molecule has 4 heteroatoms. The van der Waals surface area contributed by atoms with Crippen molar-refractivity contribution in [1.82, 2.24) is 10.3 Å². The Morgan fingerprint density at radius 1 is 1.41 bits per heavy atom. The van der Waals surface area contributed by atoms with E-state index >= 15 is 0 Å². The fourth-order valence-electron chi connectivity index (χ4n) is 2.08. The zero-order chi connectivity index (χ0) is 12.1. The minimum atomic E-state index is 0.294. The second-order valence-electron chi connectivity index (χ2n) is 4.61. The first-order chi connectivity index (χ1) is 8.25. The highest BCUT2D eigenvalue weighted by Gasteiger charge is 2.13. The quantitative estimate of drug-likeness (QED) is 0.863. The van der Waals surface area contributed by atoms with Crippen molar-refractivity contribution in [3.8, 4) is 5.75 Å². The lowest BCUT2D eigenvalue weighted by atomic mass is 10.0. The molecule has 2 N–H and O–H groups in total. The van der Waals surface area contributed by atoms with Crippen LogP contribution in [0.5, 0.6) is 5.75 Å². The Morgan fingerprint density at radius 2 is 2.18 bits per heavy atom. The first-order valence-corrected chi connectivity index (χ1v) is 7.35. The van der Waals surface area contributed by atoms with Gasteiger partial charge in [-0.15, -0.1) is 0 Å². The largest absolute Gasteiger partial charge is 0.506 e. The topological polar surface area (TPSA) is 45.1 Å². The number of hydrogen-bond acceptors (Lipinski definition) is 4. The SMILES string of the molecule is Cc1ccc(O)c(CNCC2CCSCC2)n1. The van der Waals surface area contributed by atoms with Crippen LogP contribution in [0.3, 0.4) is 0 Å². The molecule has 0 radical (unpaired) electrons. The fourth-order valence-corrected chi connectivity index (χ4v) is 3.28. The van der Waals surface area contributed by atoms with E-state index in [0.717, 1.165) is 23.9 Å². The van der Waals surface area contributed by atoms with E-state index in [0.29, 0.717) is 12.3 Å². The van der Waals surface area contributed by atoms with E-state index in [1.54, 1.807) is 6.07 Å². The van der Waals surface area contributed by atoms with Gasteiger partial charge in [0.25, 0.3) is 0 Å². The summed E-state index contributed by atoms with van der Waals surface area (Å²) < 4.78 is 0. The molecule has 1 saturated heterocycles. The van der Waals surface area contributed by atoms with Crippen molar-refractivity contribution < 1.29 is 5.11 Å². The van der Waals surface area contributed by atoms with Gasteiger partial charge in [0.1, 0.15) is 5.75 Å². The van der Waals surface area contributed by atoms with Gasteiger partial charge in [0.05, 0.1) is 5.69 Å². The van der Waals surface area contributed by atoms with E-state index in [9.17, 15) is 5.11 Å². The molecule has 2 heterocycles. The van der Waals surface area contributed by atoms with Gasteiger partial charge in [-0.05, 0) is 55.9 Å². The molecule has 0 atom stereocenters. The number of nitrogens with one attached hydrogen (secondary N) is 1. The summed E-state index contributed by atoms with van der Waals surface area (Å²) in [4.78, 5) is 4.34. The third-order valence-electron chi connectivity index (χ3n) is 3.16. The van der Waals surface area contributed by atoms with Crippen LogP contribution in [0.25, 0.3) is 0 Å². The smallest absolute Gasteiger partial charge is 0.138 e. The van der Waals surface area contributed by atoms with Gasteiger partial charge in [-0.3, -0.25) is 4.98 Å². The molecule has 1 fully saturated rings. The second kappa shape index (κ2) is 6.26. The molecule has 17 heavy (non-hydrogen) atoms. The number of rotatable bonds is 4. The van der Waals surface area contributed by atoms with Gasteiger partial charge in [0, 0.05) is 12.2 Å². The molecule has 0 saturated carbocycles. The van der Waals surface area contributed by atoms with E-state index in [1.165, 1.54) is 24.3 Å². The molecular formula is C13H20N2OS. The summed E-state index contributed by atoms with van der Waals surface area (Å²) >= 11 is 2.05. The summed E-state index contributed by atoms with van der Waals surface area (Å²) in [5, 5.41) is 13.1. The van der Waals surface area contributed by atoms with Crippen LogP contribution in [0.1, 0.15) is 24.2 Å². The normalized spacial score (nSPS) is 17.2. The molecule has 1 aromatic rings. The van der Waals surface area contributed by atoms with E-state index in [-0.39, 0.29) is 0 Å². The number of aromatic hydroxyl groups is 1. The van der Waals surface area contributed by atoms with Crippen molar-refractivity contribution in [2.24, 2.45) is 5.92 Å². The minimum absolute atomic E-state index is 0.294. The number of aryl methyl sites for hydroxylation is 1. The van der Waals surface area contributed by atoms with Crippen LogP contribution < -0.4 is 5.32 Å². The Kier molecular flexibility index (Phi) is 4.68. The van der Waals surface area contributed by atoms with E-state index in [2.05, 4.69) is 22.1 Å². The van der Waals surface area contributed by atoms with Crippen LogP contribution in [0.4, 0.5) is 0 Å². The van der Waals surface area contributed by atoms with Crippen molar-refractivity contribution in [3.63, 3.8) is 0 Å². The molecule has 2 rings (SSSR count). The number of nitrogens with zero attached hydrogens (tertiary/aromatic N) is 1. The summed E-state index contributed by atoms with van der Waals surface area (Å²) in [6.07, 6.45) is 2.62. The third kappa shape index (κ3) is 3.89. The molecule has 94 valence electrons. The van der Waals surface area contributed by atoms with E-state index in [1.807, 2.05) is 13.0 Å². The predicted molar refractivity (Wildman–Crippen MR) is 72.4 cm³/mol. The van der Waals surface area contributed by atoms with Crippen molar-refractivity contribution in [2.45, 2.75) is 26.3 Å². The number of thioether (sulfide) groups is 1. The summed E-state index contributed by atoms with van der Waals surface area (Å²) in [7, 11) is 0.